The van der Waals surface area contributed by atoms with Crippen molar-refractivity contribution < 1.29 is 0 Å². The molecule has 1 atom stereocenters. The normalized spacial score (nSPS) is 12.7. The van der Waals surface area contributed by atoms with Crippen LogP contribution in [0.5, 0.6) is 0 Å². The Morgan fingerprint density at radius 2 is 2.19 bits per heavy atom. The van der Waals surface area contributed by atoms with E-state index in [1.54, 1.807) is 24.7 Å². The summed E-state index contributed by atoms with van der Waals surface area (Å²) < 4.78 is 1.91. The van der Waals surface area contributed by atoms with Crippen LogP contribution < -0.4 is 5.73 Å². The van der Waals surface area contributed by atoms with Crippen LogP contribution >= 0.6 is 23.2 Å². The molecule has 0 saturated carbocycles. The molecule has 3 nitrogen and oxygen atoms in total. The SMILES string of the molecule is N[C@@H](Cn1ccnc1)c1ccc(Cl)cc1Cl. The van der Waals surface area contributed by atoms with Gasteiger partial charge in [-0.05, 0) is 17.7 Å². The third-order valence-corrected chi connectivity index (χ3v) is 2.89. The molecule has 0 fully saturated rings. The molecule has 2 aromatic rings. The van der Waals surface area contributed by atoms with Crippen LogP contribution in [0.2, 0.25) is 10.0 Å². The molecule has 2 rings (SSSR count). The average molecular weight is 256 g/mol. The number of imidazole rings is 1. The van der Waals surface area contributed by atoms with Crippen molar-refractivity contribution in [3.63, 3.8) is 0 Å². The van der Waals surface area contributed by atoms with Crippen LogP contribution in [0.25, 0.3) is 0 Å². The van der Waals surface area contributed by atoms with E-state index in [9.17, 15) is 0 Å². The van der Waals surface area contributed by atoms with Gasteiger partial charge >= 0.3 is 0 Å². The number of hydrogen-bond donors (Lipinski definition) is 1. The van der Waals surface area contributed by atoms with Crippen molar-refractivity contribution in [3.8, 4) is 0 Å². The molecular formula is C11H11Cl2N3. The zero-order valence-electron chi connectivity index (χ0n) is 8.48. The monoisotopic (exact) mass is 255 g/mol. The van der Waals surface area contributed by atoms with Crippen LogP contribution in [-0.4, -0.2) is 9.55 Å². The molecule has 0 aliphatic rings. The van der Waals surface area contributed by atoms with Gasteiger partial charge in [-0.25, -0.2) is 4.98 Å². The number of hydrogen-bond acceptors (Lipinski definition) is 2. The predicted octanol–water partition coefficient (Wildman–Crippen LogP) is 2.89. The number of aromatic nitrogens is 2. The molecule has 1 aromatic heterocycles. The minimum atomic E-state index is -0.168. The lowest BCUT2D eigenvalue weighted by atomic mass is 10.1. The molecule has 5 heteroatoms. The molecule has 0 saturated heterocycles. The molecule has 0 aliphatic carbocycles. The van der Waals surface area contributed by atoms with E-state index in [0.717, 1.165) is 5.56 Å². The zero-order valence-corrected chi connectivity index (χ0v) is 9.99. The van der Waals surface area contributed by atoms with E-state index in [1.807, 2.05) is 16.8 Å². The first-order valence-corrected chi connectivity index (χ1v) is 5.58. The summed E-state index contributed by atoms with van der Waals surface area (Å²) in [5.41, 5.74) is 6.95. The highest BCUT2D eigenvalue weighted by molar-refractivity contribution is 6.35. The molecule has 0 spiro atoms. The topological polar surface area (TPSA) is 43.8 Å². The van der Waals surface area contributed by atoms with E-state index in [4.69, 9.17) is 28.9 Å². The summed E-state index contributed by atoms with van der Waals surface area (Å²) in [5, 5.41) is 1.21. The number of halogens is 2. The van der Waals surface area contributed by atoms with Gasteiger partial charge in [-0.15, -0.1) is 0 Å². The van der Waals surface area contributed by atoms with Gasteiger partial charge in [0, 0.05) is 35.0 Å². The van der Waals surface area contributed by atoms with E-state index in [0.29, 0.717) is 16.6 Å². The fourth-order valence-electron chi connectivity index (χ4n) is 1.52. The standard InChI is InChI=1S/C11H11Cl2N3/c12-8-1-2-9(10(13)5-8)11(14)6-16-4-3-15-7-16/h1-5,7,11H,6,14H2/t11-/m0/s1. The highest BCUT2D eigenvalue weighted by atomic mass is 35.5. The largest absolute Gasteiger partial charge is 0.336 e. The second-order valence-corrected chi connectivity index (χ2v) is 4.38. The smallest absolute Gasteiger partial charge is 0.0946 e. The Hall–Kier alpha value is -1.03. The minimum Gasteiger partial charge on any atom is -0.336 e. The molecule has 1 heterocycles. The molecule has 0 unspecified atom stereocenters. The number of nitrogens with two attached hydrogens (primary N) is 1. The van der Waals surface area contributed by atoms with Crippen molar-refractivity contribution in [2.24, 2.45) is 5.73 Å². The summed E-state index contributed by atoms with van der Waals surface area (Å²) in [5.74, 6) is 0. The van der Waals surface area contributed by atoms with E-state index in [-0.39, 0.29) is 6.04 Å². The maximum atomic E-state index is 6.08. The van der Waals surface area contributed by atoms with E-state index < -0.39 is 0 Å². The highest BCUT2D eigenvalue weighted by Gasteiger charge is 2.10. The van der Waals surface area contributed by atoms with Crippen molar-refractivity contribution in [1.82, 2.24) is 9.55 Å². The predicted molar refractivity (Wildman–Crippen MR) is 65.6 cm³/mol. The maximum absolute atomic E-state index is 6.08. The summed E-state index contributed by atoms with van der Waals surface area (Å²) in [7, 11) is 0. The molecule has 0 bridgehead atoms. The third kappa shape index (κ3) is 2.55. The fraction of sp³-hybridized carbons (Fsp3) is 0.182. The summed E-state index contributed by atoms with van der Waals surface area (Å²) in [6.07, 6.45) is 5.31. The zero-order chi connectivity index (χ0) is 11.5. The van der Waals surface area contributed by atoms with Gasteiger partial charge in [-0.3, -0.25) is 0 Å². The van der Waals surface area contributed by atoms with Crippen LogP contribution in [0.15, 0.2) is 36.9 Å². The maximum Gasteiger partial charge on any atom is 0.0946 e. The molecule has 2 N–H and O–H groups in total. The van der Waals surface area contributed by atoms with Crippen molar-refractivity contribution >= 4 is 23.2 Å². The van der Waals surface area contributed by atoms with Gasteiger partial charge in [0.2, 0.25) is 0 Å². The Kier molecular flexibility index (Phi) is 3.49. The summed E-state index contributed by atoms with van der Waals surface area (Å²) in [4.78, 5) is 3.96. The Morgan fingerprint density at radius 1 is 1.38 bits per heavy atom. The first-order chi connectivity index (χ1) is 7.66. The van der Waals surface area contributed by atoms with Crippen molar-refractivity contribution in [2.45, 2.75) is 12.6 Å². The lowest BCUT2D eigenvalue weighted by Gasteiger charge is -2.14. The second kappa shape index (κ2) is 4.87. The van der Waals surface area contributed by atoms with Crippen LogP contribution in [0.1, 0.15) is 11.6 Å². The number of nitrogens with zero attached hydrogens (tertiary/aromatic N) is 2. The first-order valence-electron chi connectivity index (χ1n) is 4.83. The van der Waals surface area contributed by atoms with E-state index >= 15 is 0 Å². The van der Waals surface area contributed by atoms with E-state index in [1.165, 1.54) is 0 Å². The molecular weight excluding hydrogens is 245 g/mol. The highest BCUT2D eigenvalue weighted by Crippen LogP contribution is 2.25. The average Bonchev–Trinajstić information content (AvgIpc) is 2.70. The Balaban J connectivity index is 2.17. The summed E-state index contributed by atoms with van der Waals surface area (Å²) in [6, 6.07) is 5.17. The molecule has 84 valence electrons. The van der Waals surface area contributed by atoms with Crippen molar-refractivity contribution in [1.29, 1.82) is 0 Å². The second-order valence-electron chi connectivity index (χ2n) is 3.53. The van der Waals surface area contributed by atoms with E-state index in [2.05, 4.69) is 4.98 Å². The Labute approximate surface area is 104 Å². The minimum absolute atomic E-state index is 0.168. The summed E-state index contributed by atoms with van der Waals surface area (Å²) in [6.45, 7) is 0.640. The van der Waals surface area contributed by atoms with Crippen LogP contribution in [0, 0.1) is 0 Å². The number of rotatable bonds is 3. The number of benzene rings is 1. The van der Waals surface area contributed by atoms with Gasteiger partial charge in [0.05, 0.1) is 6.33 Å². The molecule has 1 aromatic carbocycles. The van der Waals surface area contributed by atoms with Crippen LogP contribution in [-0.2, 0) is 6.54 Å². The van der Waals surface area contributed by atoms with Gasteiger partial charge in [0.1, 0.15) is 0 Å². The lowest BCUT2D eigenvalue weighted by Crippen LogP contribution is -2.17. The Bertz CT molecular complexity index is 468. The van der Waals surface area contributed by atoms with Gasteiger partial charge in [-0.2, -0.15) is 0 Å². The molecule has 0 radical (unpaired) electrons. The fourth-order valence-corrected chi connectivity index (χ4v) is 2.07. The molecule has 0 aliphatic heterocycles. The molecule has 0 amide bonds. The van der Waals surface area contributed by atoms with Crippen molar-refractivity contribution in [3.05, 3.63) is 52.5 Å². The lowest BCUT2D eigenvalue weighted by molar-refractivity contribution is 0.577. The van der Waals surface area contributed by atoms with Crippen LogP contribution in [0.4, 0.5) is 0 Å². The first kappa shape index (κ1) is 11.5. The Morgan fingerprint density at radius 3 is 2.81 bits per heavy atom. The van der Waals surface area contributed by atoms with Crippen molar-refractivity contribution in [2.75, 3.05) is 0 Å². The summed E-state index contributed by atoms with van der Waals surface area (Å²) >= 11 is 11.9. The van der Waals surface area contributed by atoms with Gasteiger partial charge in [0.25, 0.3) is 0 Å². The van der Waals surface area contributed by atoms with Gasteiger partial charge in [-0.1, -0.05) is 29.3 Å². The molecule has 16 heavy (non-hydrogen) atoms. The van der Waals surface area contributed by atoms with Gasteiger partial charge in [0.15, 0.2) is 0 Å². The van der Waals surface area contributed by atoms with Crippen LogP contribution in [0.3, 0.4) is 0 Å². The van der Waals surface area contributed by atoms with Gasteiger partial charge < -0.3 is 10.3 Å². The third-order valence-electron chi connectivity index (χ3n) is 2.33. The quantitative estimate of drug-likeness (QED) is 0.917.